The van der Waals surface area contributed by atoms with Crippen molar-refractivity contribution in [1.29, 1.82) is 0 Å². The number of sulfone groups is 1. The number of benzene rings is 1. The molecule has 1 aromatic carbocycles. The molecule has 1 unspecified atom stereocenters. The summed E-state index contributed by atoms with van der Waals surface area (Å²) in [4.78, 5) is 27.9. The molecule has 2 saturated heterocycles. The lowest BCUT2D eigenvalue weighted by atomic mass is 9.71. The molecule has 0 aromatic heterocycles. The van der Waals surface area contributed by atoms with Crippen LogP contribution in [-0.4, -0.2) is 73.2 Å². The van der Waals surface area contributed by atoms with Crippen molar-refractivity contribution in [2.24, 2.45) is 5.41 Å². The van der Waals surface area contributed by atoms with Gasteiger partial charge < -0.3 is 14.9 Å². The van der Waals surface area contributed by atoms with Crippen molar-refractivity contribution in [3.05, 3.63) is 30.3 Å². The van der Waals surface area contributed by atoms with Crippen LogP contribution >= 0.6 is 0 Å². The van der Waals surface area contributed by atoms with E-state index in [9.17, 15) is 23.1 Å². The number of likely N-dealkylation sites (tertiary alicyclic amines) is 2. The number of aliphatic hydroxyl groups is 1. The first-order valence-electron chi connectivity index (χ1n) is 9.70. The quantitative estimate of drug-likeness (QED) is 0.804. The molecule has 1 atom stereocenters. The Morgan fingerprint density at radius 2 is 1.79 bits per heavy atom. The van der Waals surface area contributed by atoms with Gasteiger partial charge in [0.1, 0.15) is 0 Å². The van der Waals surface area contributed by atoms with Gasteiger partial charge in [-0.1, -0.05) is 18.2 Å². The predicted molar refractivity (Wildman–Crippen MR) is 104 cm³/mol. The molecule has 0 saturated carbocycles. The Morgan fingerprint density at radius 3 is 2.39 bits per heavy atom. The standard InChI is InChI=1S/C20H28N2O5S/c1-16(23)22-14-17(24)13-20(15-22)8-10-21(11-9-20)19(25)7-12-28(26,27)18-5-3-2-4-6-18/h2-6,17,24H,7-15H2,1H3. The summed E-state index contributed by atoms with van der Waals surface area (Å²) in [6.07, 6.45) is 1.50. The highest BCUT2D eigenvalue weighted by Gasteiger charge is 2.42. The monoisotopic (exact) mass is 408 g/mol. The number of amides is 2. The molecule has 0 radical (unpaired) electrons. The van der Waals surface area contributed by atoms with Gasteiger partial charge in [0.15, 0.2) is 9.84 Å². The Bertz CT molecular complexity index is 816. The molecule has 28 heavy (non-hydrogen) atoms. The molecule has 2 fully saturated rings. The summed E-state index contributed by atoms with van der Waals surface area (Å²) in [5.74, 6) is -0.397. The number of hydrogen-bond acceptors (Lipinski definition) is 5. The normalized spacial score (nSPS) is 22.3. The average molecular weight is 409 g/mol. The Labute approximate surface area is 166 Å². The number of rotatable bonds is 4. The van der Waals surface area contributed by atoms with Gasteiger partial charge >= 0.3 is 0 Å². The van der Waals surface area contributed by atoms with Crippen LogP contribution in [0.4, 0.5) is 0 Å². The lowest BCUT2D eigenvalue weighted by Crippen LogP contribution is -2.55. The van der Waals surface area contributed by atoms with Crippen molar-refractivity contribution in [1.82, 2.24) is 9.80 Å². The number of hydrogen-bond donors (Lipinski definition) is 1. The summed E-state index contributed by atoms with van der Waals surface area (Å²) in [5.41, 5.74) is -0.157. The van der Waals surface area contributed by atoms with E-state index in [0.29, 0.717) is 45.4 Å². The molecule has 8 heteroatoms. The van der Waals surface area contributed by atoms with E-state index < -0.39 is 15.9 Å². The summed E-state index contributed by atoms with van der Waals surface area (Å²) < 4.78 is 24.7. The number of nitrogens with zero attached hydrogens (tertiary/aromatic N) is 2. The van der Waals surface area contributed by atoms with Gasteiger partial charge in [0, 0.05) is 39.5 Å². The molecule has 7 nitrogen and oxygen atoms in total. The van der Waals surface area contributed by atoms with E-state index in [-0.39, 0.29) is 34.3 Å². The molecule has 2 amide bonds. The lowest BCUT2D eigenvalue weighted by Gasteiger charge is -2.49. The Kier molecular flexibility index (Phi) is 6.09. The van der Waals surface area contributed by atoms with Crippen LogP contribution in [0, 0.1) is 5.41 Å². The number of β-amino-alcohol motifs (C(OH)–C–C–N with tert-alkyl or cyclic N) is 1. The molecule has 1 spiro atoms. The number of carbonyl (C=O) groups is 2. The highest BCUT2D eigenvalue weighted by molar-refractivity contribution is 7.91. The van der Waals surface area contributed by atoms with Gasteiger partial charge in [-0.25, -0.2) is 8.42 Å². The third-order valence-corrected chi connectivity index (χ3v) is 7.67. The van der Waals surface area contributed by atoms with Crippen molar-refractivity contribution < 1.29 is 23.1 Å². The van der Waals surface area contributed by atoms with Crippen molar-refractivity contribution in [3.8, 4) is 0 Å². The summed E-state index contributed by atoms with van der Waals surface area (Å²) in [6, 6.07) is 8.17. The van der Waals surface area contributed by atoms with Crippen LogP contribution in [0.2, 0.25) is 0 Å². The molecular weight excluding hydrogens is 380 g/mol. The Balaban J connectivity index is 1.55. The molecule has 0 bridgehead atoms. The van der Waals surface area contributed by atoms with Crippen LogP contribution in [0.15, 0.2) is 35.2 Å². The van der Waals surface area contributed by atoms with E-state index >= 15 is 0 Å². The number of aliphatic hydroxyl groups excluding tert-OH is 1. The van der Waals surface area contributed by atoms with E-state index in [4.69, 9.17) is 0 Å². The molecule has 154 valence electrons. The molecule has 1 N–H and O–H groups in total. The SMILES string of the molecule is CC(=O)N1CC(O)CC2(CCN(C(=O)CCS(=O)(=O)c3ccccc3)CC2)C1. The van der Waals surface area contributed by atoms with Gasteiger partial charge in [-0.05, 0) is 36.8 Å². The number of piperidine rings is 2. The van der Waals surface area contributed by atoms with Gasteiger partial charge in [-0.3, -0.25) is 9.59 Å². The minimum absolute atomic E-state index is 0.0353. The first-order chi connectivity index (χ1) is 13.2. The molecule has 1 aromatic rings. The number of carbonyl (C=O) groups excluding carboxylic acids is 2. The minimum Gasteiger partial charge on any atom is -0.391 e. The van der Waals surface area contributed by atoms with E-state index in [1.54, 1.807) is 40.1 Å². The van der Waals surface area contributed by atoms with Gasteiger partial charge in [-0.2, -0.15) is 0 Å². The molecule has 3 rings (SSSR count). The summed E-state index contributed by atoms with van der Waals surface area (Å²) >= 11 is 0. The maximum Gasteiger partial charge on any atom is 0.223 e. The largest absolute Gasteiger partial charge is 0.391 e. The van der Waals surface area contributed by atoms with Crippen molar-refractivity contribution >= 4 is 21.7 Å². The lowest BCUT2D eigenvalue weighted by molar-refractivity contribution is -0.142. The molecule has 2 aliphatic rings. The molecule has 2 heterocycles. The topological polar surface area (TPSA) is 95.0 Å². The first kappa shape index (κ1) is 20.8. The second kappa shape index (κ2) is 8.21. The smallest absolute Gasteiger partial charge is 0.223 e. The van der Waals surface area contributed by atoms with E-state index in [2.05, 4.69) is 0 Å². The summed E-state index contributed by atoms with van der Waals surface area (Å²) in [7, 11) is -3.47. The second-order valence-corrected chi connectivity index (χ2v) is 10.1. The van der Waals surface area contributed by atoms with Crippen LogP contribution in [0.25, 0.3) is 0 Å². The maximum absolute atomic E-state index is 12.5. The Morgan fingerprint density at radius 1 is 1.14 bits per heavy atom. The van der Waals surface area contributed by atoms with Gasteiger partial charge in [0.25, 0.3) is 0 Å². The fraction of sp³-hybridized carbons (Fsp3) is 0.600. The first-order valence-corrected chi connectivity index (χ1v) is 11.4. The van der Waals surface area contributed by atoms with Gasteiger partial charge in [0.2, 0.25) is 11.8 Å². The molecule has 0 aliphatic carbocycles. The highest BCUT2D eigenvalue weighted by Crippen LogP contribution is 2.40. The highest BCUT2D eigenvalue weighted by atomic mass is 32.2. The van der Waals surface area contributed by atoms with Crippen LogP contribution in [0.5, 0.6) is 0 Å². The summed E-state index contributed by atoms with van der Waals surface area (Å²) in [6.45, 7) is 3.56. The van der Waals surface area contributed by atoms with Crippen molar-refractivity contribution in [3.63, 3.8) is 0 Å². The van der Waals surface area contributed by atoms with Gasteiger partial charge in [0.05, 0.1) is 16.8 Å². The third kappa shape index (κ3) is 4.72. The Hall–Kier alpha value is -1.93. The van der Waals surface area contributed by atoms with Crippen LogP contribution < -0.4 is 0 Å². The minimum atomic E-state index is -3.47. The zero-order valence-corrected chi connectivity index (χ0v) is 17.0. The van der Waals surface area contributed by atoms with Crippen LogP contribution in [0.1, 0.15) is 32.6 Å². The third-order valence-electron chi connectivity index (χ3n) is 5.94. The van der Waals surface area contributed by atoms with Crippen LogP contribution in [-0.2, 0) is 19.4 Å². The summed E-state index contributed by atoms with van der Waals surface area (Å²) in [5, 5.41) is 10.2. The van der Waals surface area contributed by atoms with Crippen molar-refractivity contribution in [2.75, 3.05) is 31.9 Å². The second-order valence-electron chi connectivity index (χ2n) is 8.02. The maximum atomic E-state index is 12.5. The zero-order valence-electron chi connectivity index (χ0n) is 16.2. The molecule has 2 aliphatic heterocycles. The van der Waals surface area contributed by atoms with E-state index in [0.717, 1.165) is 0 Å². The molecular formula is C20H28N2O5S. The van der Waals surface area contributed by atoms with Crippen LogP contribution in [0.3, 0.4) is 0 Å². The predicted octanol–water partition coefficient (Wildman–Crippen LogP) is 1.07. The fourth-order valence-electron chi connectivity index (χ4n) is 4.31. The average Bonchev–Trinajstić information content (AvgIpc) is 2.67. The fourth-order valence-corrected chi connectivity index (χ4v) is 5.56. The zero-order chi connectivity index (χ0) is 20.4. The van der Waals surface area contributed by atoms with Crippen molar-refractivity contribution in [2.45, 2.75) is 43.6 Å². The van der Waals surface area contributed by atoms with E-state index in [1.165, 1.54) is 6.92 Å². The van der Waals surface area contributed by atoms with E-state index in [1.807, 2.05) is 0 Å². The van der Waals surface area contributed by atoms with Gasteiger partial charge in [-0.15, -0.1) is 0 Å².